The predicted octanol–water partition coefficient (Wildman–Crippen LogP) is 3.67. The van der Waals surface area contributed by atoms with Crippen LogP contribution in [-0.2, 0) is 22.3 Å². The number of amides is 1. The van der Waals surface area contributed by atoms with Crippen LogP contribution in [-0.4, -0.2) is 79.4 Å². The zero-order valence-corrected chi connectivity index (χ0v) is 21.5. The van der Waals surface area contributed by atoms with E-state index in [0.29, 0.717) is 37.9 Å². The lowest BCUT2D eigenvalue weighted by Crippen LogP contribution is -2.37. The highest BCUT2D eigenvalue weighted by Crippen LogP contribution is 2.34. The number of pyridine rings is 1. The Labute approximate surface area is 218 Å². The molecule has 5 rings (SSSR count). The second kappa shape index (κ2) is 11.6. The highest BCUT2D eigenvalue weighted by molar-refractivity contribution is 5.95. The van der Waals surface area contributed by atoms with Gasteiger partial charge in [-0.2, -0.15) is 0 Å². The van der Waals surface area contributed by atoms with Gasteiger partial charge in [-0.05, 0) is 55.2 Å². The Balaban J connectivity index is 1.52. The fraction of sp³-hybridized carbons (Fsp3) is 0.379. The van der Waals surface area contributed by atoms with Crippen molar-refractivity contribution in [2.75, 3.05) is 58.5 Å². The van der Waals surface area contributed by atoms with Crippen molar-refractivity contribution in [1.82, 2.24) is 19.9 Å². The molecule has 8 heteroatoms. The molecule has 8 nitrogen and oxygen atoms in total. The molecule has 0 bridgehead atoms. The van der Waals surface area contributed by atoms with Crippen molar-refractivity contribution in [2.24, 2.45) is 0 Å². The van der Waals surface area contributed by atoms with Gasteiger partial charge in [-0.1, -0.05) is 17.7 Å². The maximum atomic E-state index is 13.1. The molecular weight excluding hydrogens is 466 g/mol. The van der Waals surface area contributed by atoms with Gasteiger partial charge in [-0.15, -0.1) is 0 Å². The summed E-state index contributed by atoms with van der Waals surface area (Å²) < 4.78 is 10.7. The molecule has 0 saturated carbocycles. The summed E-state index contributed by atoms with van der Waals surface area (Å²) >= 11 is 0. The van der Waals surface area contributed by atoms with Gasteiger partial charge in [0.15, 0.2) is 0 Å². The van der Waals surface area contributed by atoms with Crippen molar-refractivity contribution < 1.29 is 14.3 Å². The number of aromatic nitrogens is 3. The van der Waals surface area contributed by atoms with Crippen LogP contribution in [0.25, 0.3) is 17.3 Å². The maximum absolute atomic E-state index is 13.1. The number of likely N-dealkylation sites (N-methyl/N-ethyl adjacent to an activating group) is 1. The Bertz CT molecular complexity index is 1270. The van der Waals surface area contributed by atoms with Gasteiger partial charge in [0, 0.05) is 62.9 Å². The number of ether oxygens (including phenoxy) is 2. The molecule has 0 unspecified atom stereocenters. The van der Waals surface area contributed by atoms with Crippen LogP contribution < -0.4 is 4.90 Å². The number of hydrogen-bond donors (Lipinski definition) is 0. The molecule has 3 aromatic rings. The highest BCUT2D eigenvalue weighted by atomic mass is 16.5. The third kappa shape index (κ3) is 5.87. The molecule has 1 saturated heterocycles. The average molecular weight is 500 g/mol. The fourth-order valence-corrected chi connectivity index (χ4v) is 4.80. The number of hydrogen-bond acceptors (Lipinski definition) is 7. The standard InChI is InChI=1S/C29H33N5O3/c1-33(12-15-36-2)28(35)24-5-3-4-23(20-24)27-25-7-6-22(18-21-8-10-30-11-9-21)19-26(25)31-29(32-27)34-13-16-37-17-14-34/h3-5,8-11,19-20H,6-7,12-18H2,1-2H3. The molecule has 37 heavy (non-hydrogen) atoms. The van der Waals surface area contributed by atoms with Gasteiger partial charge in [0.2, 0.25) is 5.95 Å². The molecule has 1 amide bonds. The van der Waals surface area contributed by atoms with Gasteiger partial charge < -0.3 is 19.3 Å². The third-order valence-corrected chi connectivity index (χ3v) is 6.90. The van der Waals surface area contributed by atoms with E-state index in [1.807, 2.05) is 36.7 Å². The van der Waals surface area contributed by atoms with Crippen LogP contribution in [0, 0.1) is 0 Å². The maximum Gasteiger partial charge on any atom is 0.253 e. The lowest BCUT2D eigenvalue weighted by atomic mass is 9.89. The summed E-state index contributed by atoms with van der Waals surface area (Å²) in [5.41, 5.74) is 7.17. The van der Waals surface area contributed by atoms with Crippen LogP contribution in [0.5, 0.6) is 0 Å². The molecule has 0 radical (unpaired) electrons. The first-order chi connectivity index (χ1) is 18.1. The van der Waals surface area contributed by atoms with E-state index in [9.17, 15) is 4.79 Å². The van der Waals surface area contributed by atoms with Gasteiger partial charge in [-0.25, -0.2) is 9.97 Å². The van der Waals surface area contributed by atoms with E-state index in [1.54, 1.807) is 19.1 Å². The lowest BCUT2D eigenvalue weighted by molar-refractivity contribution is 0.0744. The summed E-state index contributed by atoms with van der Waals surface area (Å²) in [4.78, 5) is 31.1. The molecule has 0 atom stereocenters. The number of methoxy groups -OCH3 is 1. The molecule has 192 valence electrons. The molecule has 1 aliphatic carbocycles. The van der Waals surface area contributed by atoms with Crippen LogP contribution in [0.15, 0.2) is 54.4 Å². The predicted molar refractivity (Wildman–Crippen MR) is 144 cm³/mol. The fourth-order valence-electron chi connectivity index (χ4n) is 4.80. The minimum absolute atomic E-state index is 0.0326. The summed E-state index contributed by atoms with van der Waals surface area (Å²) in [6.07, 6.45) is 8.58. The first kappa shape index (κ1) is 25.0. The third-order valence-electron chi connectivity index (χ3n) is 6.90. The van der Waals surface area contributed by atoms with Crippen LogP contribution in [0.1, 0.15) is 33.6 Å². The van der Waals surface area contributed by atoms with Crippen molar-refractivity contribution in [1.29, 1.82) is 0 Å². The Morgan fingerprint density at radius 2 is 1.92 bits per heavy atom. The van der Waals surface area contributed by atoms with Gasteiger partial charge in [0.1, 0.15) is 0 Å². The average Bonchev–Trinajstić information content (AvgIpc) is 2.96. The molecule has 0 N–H and O–H groups in total. The van der Waals surface area contributed by atoms with Crippen molar-refractivity contribution in [3.05, 3.63) is 76.7 Å². The molecule has 0 spiro atoms. The number of anilines is 1. The SMILES string of the molecule is COCCN(C)C(=O)c1cccc(-c2nc(N3CCOCC3)nc3c2CCC(Cc2ccncc2)=C3)c1. The largest absolute Gasteiger partial charge is 0.383 e. The second-order valence-electron chi connectivity index (χ2n) is 9.47. The molecule has 1 fully saturated rings. The number of fused-ring (bicyclic) bond motifs is 1. The van der Waals surface area contributed by atoms with Gasteiger partial charge in [-0.3, -0.25) is 9.78 Å². The Hall–Kier alpha value is -3.62. The minimum atomic E-state index is -0.0326. The van der Waals surface area contributed by atoms with E-state index >= 15 is 0 Å². The summed E-state index contributed by atoms with van der Waals surface area (Å²) in [6.45, 7) is 3.88. The Morgan fingerprint density at radius 1 is 1.11 bits per heavy atom. The van der Waals surface area contributed by atoms with E-state index < -0.39 is 0 Å². The summed E-state index contributed by atoms with van der Waals surface area (Å²) in [5.74, 6) is 0.683. The normalized spacial score (nSPS) is 15.2. The first-order valence-corrected chi connectivity index (χ1v) is 12.8. The Kier molecular flexibility index (Phi) is 7.87. The smallest absolute Gasteiger partial charge is 0.253 e. The number of nitrogens with zero attached hydrogens (tertiary/aromatic N) is 5. The van der Waals surface area contributed by atoms with E-state index in [1.165, 1.54) is 11.1 Å². The molecule has 2 aromatic heterocycles. The number of allylic oxidation sites excluding steroid dienone is 1. The van der Waals surface area contributed by atoms with Gasteiger partial charge >= 0.3 is 0 Å². The molecule has 2 aliphatic rings. The van der Waals surface area contributed by atoms with Crippen LogP contribution >= 0.6 is 0 Å². The second-order valence-corrected chi connectivity index (χ2v) is 9.47. The minimum Gasteiger partial charge on any atom is -0.383 e. The van der Waals surface area contributed by atoms with E-state index in [-0.39, 0.29) is 5.91 Å². The zero-order chi connectivity index (χ0) is 25.6. The number of morpholine rings is 1. The molecule has 1 aliphatic heterocycles. The van der Waals surface area contributed by atoms with E-state index in [4.69, 9.17) is 19.4 Å². The monoisotopic (exact) mass is 499 g/mol. The number of carbonyl (C=O) groups excluding carboxylic acids is 1. The topological polar surface area (TPSA) is 80.7 Å². The van der Waals surface area contributed by atoms with Gasteiger partial charge in [0.25, 0.3) is 5.91 Å². The van der Waals surface area contributed by atoms with Crippen LogP contribution in [0.3, 0.4) is 0 Å². The van der Waals surface area contributed by atoms with E-state index in [2.05, 4.69) is 28.1 Å². The summed E-state index contributed by atoms with van der Waals surface area (Å²) in [5, 5.41) is 0. The summed E-state index contributed by atoms with van der Waals surface area (Å²) in [6, 6.07) is 11.9. The quantitative estimate of drug-likeness (QED) is 0.468. The van der Waals surface area contributed by atoms with Crippen molar-refractivity contribution in [3.63, 3.8) is 0 Å². The highest BCUT2D eigenvalue weighted by Gasteiger charge is 2.23. The number of rotatable bonds is 8. The van der Waals surface area contributed by atoms with Gasteiger partial charge in [0.05, 0.1) is 31.2 Å². The zero-order valence-electron chi connectivity index (χ0n) is 21.5. The number of benzene rings is 1. The molecular formula is C29H33N5O3. The Morgan fingerprint density at radius 3 is 2.70 bits per heavy atom. The van der Waals surface area contributed by atoms with Crippen LogP contribution in [0.2, 0.25) is 0 Å². The van der Waals surface area contributed by atoms with Crippen molar-refractivity contribution in [3.8, 4) is 11.3 Å². The molecule has 1 aromatic carbocycles. The number of carbonyl (C=O) groups is 1. The summed E-state index contributed by atoms with van der Waals surface area (Å²) in [7, 11) is 3.44. The molecule has 3 heterocycles. The van der Waals surface area contributed by atoms with Crippen molar-refractivity contribution >= 4 is 17.9 Å². The lowest BCUT2D eigenvalue weighted by Gasteiger charge is -2.29. The first-order valence-electron chi connectivity index (χ1n) is 12.8. The van der Waals surface area contributed by atoms with E-state index in [0.717, 1.165) is 54.9 Å². The van der Waals surface area contributed by atoms with Crippen molar-refractivity contribution in [2.45, 2.75) is 19.3 Å². The van der Waals surface area contributed by atoms with Crippen LogP contribution in [0.4, 0.5) is 5.95 Å².